The van der Waals surface area contributed by atoms with Gasteiger partial charge in [-0.1, -0.05) is 103 Å². The number of carbonyl (C=O) groups excluding carboxylic acids is 8. The smallest absolute Gasteiger partial charge is 0.302 e. The van der Waals surface area contributed by atoms with Gasteiger partial charge in [0.15, 0.2) is 0 Å². The van der Waals surface area contributed by atoms with Crippen LogP contribution in [0.25, 0.3) is 90.9 Å². The Kier molecular flexibility index (Phi) is 26.4. The van der Waals surface area contributed by atoms with Gasteiger partial charge in [-0.15, -0.1) is 0 Å². The number of nitrogens with zero attached hydrogens (tertiary/aromatic N) is 2. The zero-order valence-corrected chi connectivity index (χ0v) is 55.1. The summed E-state index contributed by atoms with van der Waals surface area (Å²) in [5.41, 5.74) is 12.2. The average molecular weight is 1330 g/mol. The molecule has 0 saturated heterocycles. The maximum Gasteiger partial charge on any atom is 0.302 e. The predicted molar refractivity (Wildman–Crippen MR) is 373 cm³/mol. The lowest BCUT2D eigenvalue weighted by Gasteiger charge is -2.35. The van der Waals surface area contributed by atoms with Crippen LogP contribution in [0.2, 0.25) is 0 Å². The number of benzene rings is 4. The van der Waals surface area contributed by atoms with Gasteiger partial charge >= 0.3 is 17.9 Å². The second-order valence-corrected chi connectivity index (χ2v) is 23.1. The van der Waals surface area contributed by atoms with E-state index in [0.717, 1.165) is 83.7 Å². The van der Waals surface area contributed by atoms with E-state index in [-0.39, 0.29) is 123 Å². The molecule has 9 rings (SSSR count). The summed E-state index contributed by atoms with van der Waals surface area (Å²) in [5.74, 6) is -3.81. The highest BCUT2D eigenvalue weighted by Gasteiger charge is 2.34. The molecule has 3 aromatic heterocycles. The minimum Gasteiger partial charge on any atom is -0.463 e. The van der Waals surface area contributed by atoms with Gasteiger partial charge in [0.2, 0.25) is 23.6 Å². The zero-order chi connectivity index (χ0) is 69.1. The zero-order valence-electron chi connectivity index (χ0n) is 55.1. The monoisotopic (exact) mass is 1330 g/mol. The Morgan fingerprint density at radius 3 is 1.00 bits per heavy atom. The molecule has 0 unspecified atom stereocenters. The molecule has 0 fully saturated rings. The van der Waals surface area contributed by atoms with Crippen molar-refractivity contribution in [3.8, 4) is 44.5 Å². The molecule has 4 aromatic carbocycles. The third kappa shape index (κ3) is 21.1. The summed E-state index contributed by atoms with van der Waals surface area (Å²) in [6.07, 6.45) is 7.55. The first-order valence-corrected chi connectivity index (χ1v) is 32.6. The fourth-order valence-corrected chi connectivity index (χ4v) is 11.3. The van der Waals surface area contributed by atoms with E-state index in [0.29, 0.717) is 5.69 Å². The van der Waals surface area contributed by atoms with Crippen LogP contribution < -0.4 is 26.6 Å². The van der Waals surface area contributed by atoms with Crippen LogP contribution in [0.1, 0.15) is 92.4 Å². The van der Waals surface area contributed by atoms with E-state index < -0.39 is 59.5 Å². The van der Waals surface area contributed by atoms with E-state index in [1.807, 2.05) is 97.1 Å². The van der Waals surface area contributed by atoms with Crippen molar-refractivity contribution in [3.05, 3.63) is 168 Å². The first-order valence-electron chi connectivity index (χ1n) is 32.6. The van der Waals surface area contributed by atoms with E-state index in [9.17, 15) is 38.4 Å². The minimum atomic E-state index is -1.36. The van der Waals surface area contributed by atoms with Crippen molar-refractivity contribution in [1.82, 2.24) is 46.5 Å². The van der Waals surface area contributed by atoms with Crippen LogP contribution in [-0.4, -0.2) is 159 Å². The van der Waals surface area contributed by atoms with E-state index in [1.54, 1.807) is 12.1 Å². The van der Waals surface area contributed by atoms with Crippen LogP contribution in [0.4, 0.5) is 0 Å². The molecule has 0 saturated carbocycles. The van der Waals surface area contributed by atoms with Crippen molar-refractivity contribution in [2.45, 2.75) is 64.8 Å². The first-order chi connectivity index (χ1) is 47.6. The molecule has 7 aromatic rings. The maximum atomic E-state index is 14.3. The Bertz CT molecular complexity index is 4030. The number of H-pyrrole nitrogens is 2. The molecule has 2 aliphatic heterocycles. The van der Waals surface area contributed by atoms with Crippen molar-refractivity contribution in [2.75, 3.05) is 85.6 Å². The topological polar surface area (TPSA) is 309 Å². The lowest BCUT2D eigenvalue weighted by molar-refractivity contribution is -0.143. The van der Waals surface area contributed by atoms with Crippen LogP contribution in [0.15, 0.2) is 140 Å². The van der Waals surface area contributed by atoms with Crippen molar-refractivity contribution < 1.29 is 66.8 Å². The largest absolute Gasteiger partial charge is 0.463 e. The molecule has 0 radical (unpaired) electrons. The standard InChI is InChI=1S/C75H81N9O14/c1-50(85)96-46-43-93-40-37-76-66(88)31-34-75(35-32-67(89)77-38-41-94-44-47-97-51(2)86,36-33-68(90)78-39-42-95-45-48-98-52(3)87)84-69(91)49-79-74(92)57-21-19-56(20-22-57)73-64-29-27-62(82-64)71(54-15-9-5-10-16-54)60-25-23-58(80-60)70(53-13-7-4-8-14-53)59-24-26-61(81-59)72(55-17-11-6-12-18-55)63-28-30-65(73)83-63/h4-30,80,83H,31-49H2,1-3H3,(H,76,88)(H,77,89)(H,78,90)(H,79,92)(H,84,91). The Hall–Kier alpha value is -10.9. The number of amides is 5. The number of carbonyl (C=O) groups is 8. The lowest BCUT2D eigenvalue weighted by Crippen LogP contribution is -2.53. The summed E-state index contributed by atoms with van der Waals surface area (Å²) < 4.78 is 31.1. The molecular weight excluding hydrogens is 1250 g/mol. The molecule has 0 spiro atoms. The molecule has 23 nitrogen and oxygen atoms in total. The Labute approximate surface area is 567 Å². The molecule has 5 amide bonds. The van der Waals surface area contributed by atoms with Crippen LogP contribution in [-0.2, 0) is 62.0 Å². The van der Waals surface area contributed by atoms with Crippen molar-refractivity contribution in [1.29, 1.82) is 0 Å². The highest BCUT2D eigenvalue weighted by atomic mass is 16.6. The normalized spacial score (nSPS) is 11.5. The molecule has 98 heavy (non-hydrogen) atoms. The van der Waals surface area contributed by atoms with Crippen LogP contribution in [0.3, 0.4) is 0 Å². The number of fused-ring (bicyclic) bond motifs is 8. The number of nitrogens with one attached hydrogen (secondary N) is 7. The fourth-order valence-electron chi connectivity index (χ4n) is 11.3. The second kappa shape index (κ2) is 36.3. The van der Waals surface area contributed by atoms with Crippen molar-refractivity contribution >= 4 is 93.8 Å². The fraction of sp³-hybridized carbons (Fsp3) is 0.307. The van der Waals surface area contributed by atoms with E-state index in [4.69, 9.17) is 38.4 Å². The van der Waals surface area contributed by atoms with Crippen LogP contribution in [0.5, 0.6) is 0 Å². The summed E-state index contributed by atoms with van der Waals surface area (Å²) in [7, 11) is 0. The third-order valence-corrected chi connectivity index (χ3v) is 16.0. The van der Waals surface area contributed by atoms with Gasteiger partial charge < -0.3 is 65.0 Å². The summed E-state index contributed by atoms with van der Waals surface area (Å²) in [6.45, 7) is 4.50. The molecule has 2 aliphatic rings. The van der Waals surface area contributed by atoms with Gasteiger partial charge in [0.05, 0.1) is 69.0 Å². The van der Waals surface area contributed by atoms with Crippen molar-refractivity contribution in [3.63, 3.8) is 0 Å². The molecule has 510 valence electrons. The van der Waals surface area contributed by atoms with E-state index in [1.165, 1.54) is 20.8 Å². The SMILES string of the molecule is CC(=O)OCCOCCNC(=O)CCC(CCC(=O)NCCOCCOC(C)=O)(CCC(=O)NCCOCCOC(C)=O)NC(=O)CNC(=O)c1ccc(-c2c3nc(c(-c4ccccc4)c4ccc([nH]4)c(-c4ccccc4)c4nc(c(-c5ccccc5)c5ccc2[nH]5)C=C4)C=C3)cc1. The van der Waals surface area contributed by atoms with E-state index in [2.05, 4.69) is 91.2 Å². The first kappa shape index (κ1) is 71.4. The Balaban J connectivity index is 0.994. The maximum absolute atomic E-state index is 14.3. The van der Waals surface area contributed by atoms with Crippen LogP contribution in [0, 0.1) is 0 Å². The van der Waals surface area contributed by atoms with Crippen LogP contribution >= 0.6 is 0 Å². The van der Waals surface area contributed by atoms with Crippen molar-refractivity contribution in [2.24, 2.45) is 0 Å². The van der Waals surface area contributed by atoms with E-state index >= 15 is 0 Å². The number of esters is 3. The molecule has 8 bridgehead atoms. The number of aromatic amines is 2. The lowest BCUT2D eigenvalue weighted by atomic mass is 9.83. The number of aromatic nitrogens is 4. The summed E-state index contributed by atoms with van der Waals surface area (Å²) in [6, 6.07) is 45.6. The molecule has 5 heterocycles. The third-order valence-electron chi connectivity index (χ3n) is 16.0. The highest BCUT2D eigenvalue weighted by Crippen LogP contribution is 2.39. The van der Waals surface area contributed by atoms with Gasteiger partial charge in [0.25, 0.3) is 5.91 Å². The summed E-state index contributed by atoms with van der Waals surface area (Å²) in [4.78, 5) is 121. The molecule has 7 N–H and O–H groups in total. The Morgan fingerprint density at radius 2 is 0.684 bits per heavy atom. The van der Waals surface area contributed by atoms with Gasteiger partial charge in [-0.3, -0.25) is 38.4 Å². The molecule has 23 heteroatoms. The number of hydrogen-bond acceptors (Lipinski definition) is 16. The molecule has 0 aliphatic carbocycles. The highest BCUT2D eigenvalue weighted by molar-refractivity contribution is 6.01. The number of rotatable bonds is 35. The molecule has 0 atom stereocenters. The van der Waals surface area contributed by atoms with Gasteiger partial charge in [-0.25, -0.2) is 9.97 Å². The number of ether oxygens (including phenoxy) is 6. The van der Waals surface area contributed by atoms with Gasteiger partial charge in [0, 0.05) is 115 Å². The van der Waals surface area contributed by atoms with Gasteiger partial charge in [-0.2, -0.15) is 0 Å². The number of hydrogen-bond donors (Lipinski definition) is 7. The van der Waals surface area contributed by atoms with Gasteiger partial charge in [0.1, 0.15) is 19.8 Å². The van der Waals surface area contributed by atoms with Gasteiger partial charge in [-0.05, 0) is 102 Å². The average Bonchev–Trinajstić information content (AvgIpc) is 1.62. The summed E-state index contributed by atoms with van der Waals surface area (Å²) >= 11 is 0. The summed E-state index contributed by atoms with van der Waals surface area (Å²) in [5, 5.41) is 14.1. The Morgan fingerprint density at radius 1 is 0.367 bits per heavy atom. The minimum absolute atomic E-state index is 0.0308. The second-order valence-electron chi connectivity index (χ2n) is 23.1. The predicted octanol–water partition coefficient (Wildman–Crippen LogP) is 9.34. The quantitative estimate of drug-likeness (QED) is 0.0110. The molecular formula is C75H81N9O14.